The van der Waals surface area contributed by atoms with Gasteiger partial charge in [0.15, 0.2) is 0 Å². The van der Waals surface area contributed by atoms with Crippen molar-refractivity contribution in [3.63, 3.8) is 0 Å². The van der Waals surface area contributed by atoms with Crippen LogP contribution in [-0.4, -0.2) is 34.2 Å². The Morgan fingerprint density at radius 2 is 1.92 bits per heavy atom. The van der Waals surface area contributed by atoms with E-state index in [0.717, 1.165) is 24.2 Å². The minimum absolute atomic E-state index is 0.000343. The van der Waals surface area contributed by atoms with Crippen molar-refractivity contribution in [3.05, 3.63) is 54.1 Å². The number of rotatable bonds is 5. The van der Waals surface area contributed by atoms with Crippen LogP contribution in [0.2, 0.25) is 0 Å². The standard InChI is InChI=1S/C19H23FN2O2S/c1-14-7-8-17(25(23,24)16-5-3-2-4-6-16)11-19(14)22-18-9-10-21-13-15(18)12-20/h2-8,11,15,18,21-22H,9-10,12-13H2,1H3. The molecule has 0 amide bonds. The van der Waals surface area contributed by atoms with Crippen LogP contribution in [0.4, 0.5) is 10.1 Å². The molecule has 1 aliphatic rings. The molecule has 25 heavy (non-hydrogen) atoms. The van der Waals surface area contributed by atoms with Crippen LogP contribution >= 0.6 is 0 Å². The summed E-state index contributed by atoms with van der Waals surface area (Å²) < 4.78 is 38.9. The minimum Gasteiger partial charge on any atom is -0.382 e. The van der Waals surface area contributed by atoms with Gasteiger partial charge in [0.25, 0.3) is 0 Å². The highest BCUT2D eigenvalue weighted by Gasteiger charge is 2.26. The number of aryl methyl sites for hydroxylation is 1. The Morgan fingerprint density at radius 1 is 1.16 bits per heavy atom. The summed E-state index contributed by atoms with van der Waals surface area (Å²) in [7, 11) is -3.56. The van der Waals surface area contributed by atoms with E-state index in [9.17, 15) is 12.8 Å². The number of anilines is 1. The van der Waals surface area contributed by atoms with E-state index in [0.29, 0.717) is 6.54 Å². The van der Waals surface area contributed by atoms with E-state index in [-0.39, 0.29) is 21.8 Å². The van der Waals surface area contributed by atoms with Crippen molar-refractivity contribution >= 4 is 15.5 Å². The topological polar surface area (TPSA) is 58.2 Å². The first-order chi connectivity index (χ1) is 12.0. The monoisotopic (exact) mass is 362 g/mol. The molecule has 2 unspecified atom stereocenters. The summed E-state index contributed by atoms with van der Waals surface area (Å²) in [5, 5.41) is 6.57. The van der Waals surface area contributed by atoms with Crippen molar-refractivity contribution in [2.45, 2.75) is 29.2 Å². The Balaban J connectivity index is 1.91. The molecule has 2 aromatic carbocycles. The van der Waals surface area contributed by atoms with Crippen molar-refractivity contribution < 1.29 is 12.8 Å². The lowest BCUT2D eigenvalue weighted by Gasteiger charge is -2.32. The number of halogens is 1. The quantitative estimate of drug-likeness (QED) is 0.858. The van der Waals surface area contributed by atoms with E-state index < -0.39 is 16.5 Å². The third-order valence-corrected chi connectivity index (χ3v) is 6.49. The summed E-state index contributed by atoms with van der Waals surface area (Å²) in [6, 6.07) is 13.5. The van der Waals surface area contributed by atoms with Gasteiger partial charge in [-0.1, -0.05) is 24.3 Å². The molecule has 2 atom stereocenters. The number of benzene rings is 2. The van der Waals surface area contributed by atoms with Crippen LogP contribution < -0.4 is 10.6 Å². The maximum atomic E-state index is 13.2. The molecule has 1 aliphatic heterocycles. The normalized spacial score (nSPS) is 21.0. The van der Waals surface area contributed by atoms with E-state index in [1.54, 1.807) is 48.5 Å². The van der Waals surface area contributed by atoms with Crippen molar-refractivity contribution in [2.24, 2.45) is 5.92 Å². The fourth-order valence-electron chi connectivity index (χ4n) is 3.13. The molecule has 0 aromatic heterocycles. The Kier molecular flexibility index (Phi) is 5.39. The summed E-state index contributed by atoms with van der Waals surface area (Å²) in [6.07, 6.45) is 0.809. The predicted molar refractivity (Wildman–Crippen MR) is 97.4 cm³/mol. The third-order valence-electron chi connectivity index (χ3n) is 4.72. The van der Waals surface area contributed by atoms with E-state index in [2.05, 4.69) is 10.6 Å². The molecular weight excluding hydrogens is 339 g/mol. The van der Waals surface area contributed by atoms with Crippen LogP contribution in [0.25, 0.3) is 0 Å². The van der Waals surface area contributed by atoms with Gasteiger partial charge in [-0.2, -0.15) is 0 Å². The molecule has 1 fully saturated rings. The Hall–Kier alpha value is -1.92. The van der Waals surface area contributed by atoms with Gasteiger partial charge in [0.2, 0.25) is 9.84 Å². The number of nitrogens with one attached hydrogen (secondary N) is 2. The molecule has 6 heteroatoms. The first-order valence-electron chi connectivity index (χ1n) is 8.46. The summed E-state index contributed by atoms with van der Waals surface area (Å²) >= 11 is 0. The van der Waals surface area contributed by atoms with Gasteiger partial charge in [0, 0.05) is 24.2 Å². The zero-order valence-electron chi connectivity index (χ0n) is 14.2. The fraction of sp³-hybridized carbons (Fsp3) is 0.368. The summed E-state index contributed by atoms with van der Waals surface area (Å²) in [5.41, 5.74) is 1.70. The van der Waals surface area contributed by atoms with Gasteiger partial charge in [0.1, 0.15) is 0 Å². The second-order valence-corrected chi connectivity index (χ2v) is 8.40. The van der Waals surface area contributed by atoms with Gasteiger partial charge in [-0.05, 0) is 49.7 Å². The number of piperidine rings is 1. The fourth-order valence-corrected chi connectivity index (χ4v) is 4.44. The number of sulfone groups is 1. The van der Waals surface area contributed by atoms with Crippen molar-refractivity contribution in [1.29, 1.82) is 0 Å². The number of alkyl halides is 1. The largest absolute Gasteiger partial charge is 0.382 e. The highest BCUT2D eigenvalue weighted by molar-refractivity contribution is 7.91. The maximum absolute atomic E-state index is 13.2. The minimum atomic E-state index is -3.56. The van der Waals surface area contributed by atoms with Crippen LogP contribution in [0.3, 0.4) is 0 Å². The zero-order chi connectivity index (χ0) is 17.9. The molecule has 1 heterocycles. The molecule has 4 nitrogen and oxygen atoms in total. The Bertz CT molecular complexity index is 825. The molecule has 3 rings (SSSR count). The molecule has 0 spiro atoms. The molecular formula is C19H23FN2O2S. The van der Waals surface area contributed by atoms with E-state index in [1.807, 2.05) is 6.92 Å². The van der Waals surface area contributed by atoms with Crippen molar-refractivity contribution in [1.82, 2.24) is 5.32 Å². The second kappa shape index (κ2) is 7.54. The Morgan fingerprint density at radius 3 is 2.64 bits per heavy atom. The molecule has 1 saturated heterocycles. The van der Waals surface area contributed by atoms with Gasteiger partial charge in [-0.15, -0.1) is 0 Å². The summed E-state index contributed by atoms with van der Waals surface area (Å²) in [5.74, 6) is -0.109. The van der Waals surface area contributed by atoms with Crippen LogP contribution in [-0.2, 0) is 9.84 Å². The van der Waals surface area contributed by atoms with Gasteiger partial charge < -0.3 is 10.6 Å². The summed E-state index contributed by atoms with van der Waals surface area (Å²) in [4.78, 5) is 0.519. The Labute approximate surface area is 148 Å². The molecule has 134 valence electrons. The third kappa shape index (κ3) is 3.85. The molecule has 2 N–H and O–H groups in total. The van der Waals surface area contributed by atoms with Crippen molar-refractivity contribution in [2.75, 3.05) is 25.1 Å². The first-order valence-corrected chi connectivity index (χ1v) is 9.94. The lowest BCUT2D eigenvalue weighted by atomic mass is 9.94. The smallest absolute Gasteiger partial charge is 0.206 e. The second-order valence-electron chi connectivity index (χ2n) is 6.45. The maximum Gasteiger partial charge on any atom is 0.206 e. The van der Waals surface area contributed by atoms with Crippen LogP contribution in [0.15, 0.2) is 58.3 Å². The molecule has 0 saturated carbocycles. The SMILES string of the molecule is Cc1ccc(S(=O)(=O)c2ccccc2)cc1NC1CCNCC1CF. The van der Waals surface area contributed by atoms with Crippen LogP contribution in [0.1, 0.15) is 12.0 Å². The molecule has 0 bridgehead atoms. The molecule has 0 radical (unpaired) electrons. The number of hydrogen-bond acceptors (Lipinski definition) is 4. The van der Waals surface area contributed by atoms with Gasteiger partial charge in [-0.25, -0.2) is 8.42 Å². The highest BCUT2D eigenvalue weighted by atomic mass is 32.2. The van der Waals surface area contributed by atoms with Crippen molar-refractivity contribution in [3.8, 4) is 0 Å². The highest BCUT2D eigenvalue weighted by Crippen LogP contribution is 2.27. The van der Waals surface area contributed by atoms with Gasteiger partial charge >= 0.3 is 0 Å². The van der Waals surface area contributed by atoms with Gasteiger partial charge in [0.05, 0.1) is 16.5 Å². The first kappa shape index (κ1) is 17.9. The number of hydrogen-bond donors (Lipinski definition) is 2. The van der Waals surface area contributed by atoms with Crippen LogP contribution in [0, 0.1) is 12.8 Å². The lowest BCUT2D eigenvalue weighted by molar-refractivity contribution is 0.274. The van der Waals surface area contributed by atoms with Gasteiger partial charge in [-0.3, -0.25) is 4.39 Å². The molecule has 0 aliphatic carbocycles. The van der Waals surface area contributed by atoms with E-state index in [4.69, 9.17) is 0 Å². The van der Waals surface area contributed by atoms with Crippen LogP contribution in [0.5, 0.6) is 0 Å². The zero-order valence-corrected chi connectivity index (χ0v) is 15.0. The summed E-state index contributed by atoms with van der Waals surface area (Å²) in [6.45, 7) is 2.99. The lowest BCUT2D eigenvalue weighted by Crippen LogP contribution is -2.45. The predicted octanol–water partition coefficient (Wildman–Crippen LogP) is 3.19. The van der Waals surface area contributed by atoms with E-state index >= 15 is 0 Å². The average molecular weight is 362 g/mol. The molecule has 2 aromatic rings. The average Bonchev–Trinajstić information content (AvgIpc) is 2.64. The van der Waals surface area contributed by atoms with E-state index in [1.165, 1.54) is 0 Å².